The van der Waals surface area contributed by atoms with Crippen molar-refractivity contribution in [1.29, 1.82) is 0 Å². The molecule has 3 heteroatoms. The van der Waals surface area contributed by atoms with Crippen molar-refractivity contribution in [2.75, 3.05) is 19.5 Å². The molecule has 0 aromatic heterocycles. The molecule has 1 aromatic rings. The lowest BCUT2D eigenvalue weighted by molar-refractivity contribution is 0.182. The zero-order valence-corrected chi connectivity index (χ0v) is 11.3. The van der Waals surface area contributed by atoms with E-state index in [4.69, 9.17) is 15.2 Å². The van der Waals surface area contributed by atoms with Crippen LogP contribution in [0.5, 0.6) is 11.5 Å². The summed E-state index contributed by atoms with van der Waals surface area (Å²) in [6.07, 6.45) is 5.27. The first-order valence-corrected chi connectivity index (χ1v) is 6.75. The van der Waals surface area contributed by atoms with E-state index < -0.39 is 0 Å². The number of hydrogen-bond acceptors (Lipinski definition) is 3. The first-order chi connectivity index (χ1) is 8.69. The maximum Gasteiger partial charge on any atom is 0.145 e. The van der Waals surface area contributed by atoms with Crippen molar-refractivity contribution in [3.8, 4) is 11.5 Å². The second kappa shape index (κ2) is 5.98. The Morgan fingerprint density at radius 3 is 2.89 bits per heavy atom. The van der Waals surface area contributed by atoms with Crippen molar-refractivity contribution in [1.82, 2.24) is 0 Å². The lowest BCUT2D eigenvalue weighted by Crippen LogP contribution is -2.19. The van der Waals surface area contributed by atoms with Crippen molar-refractivity contribution in [3.63, 3.8) is 0 Å². The summed E-state index contributed by atoms with van der Waals surface area (Å²) in [6.45, 7) is 3.13. The maximum atomic E-state index is 5.86. The number of hydrogen-bond donors (Lipinski definition) is 1. The first-order valence-electron chi connectivity index (χ1n) is 6.75. The molecule has 0 amide bonds. The van der Waals surface area contributed by atoms with Crippen LogP contribution >= 0.6 is 0 Å². The Balaban J connectivity index is 1.89. The van der Waals surface area contributed by atoms with Crippen LogP contribution in [-0.2, 0) is 0 Å². The van der Waals surface area contributed by atoms with E-state index in [9.17, 15) is 0 Å². The third-order valence-electron chi connectivity index (χ3n) is 3.74. The smallest absolute Gasteiger partial charge is 0.145 e. The van der Waals surface area contributed by atoms with Gasteiger partial charge >= 0.3 is 0 Å². The molecule has 2 rings (SSSR count). The van der Waals surface area contributed by atoms with E-state index in [2.05, 4.69) is 6.92 Å². The molecule has 0 radical (unpaired) electrons. The molecular weight excluding hydrogens is 226 g/mol. The van der Waals surface area contributed by atoms with E-state index in [1.807, 2.05) is 18.2 Å². The van der Waals surface area contributed by atoms with Gasteiger partial charge in [0.05, 0.1) is 19.4 Å². The Morgan fingerprint density at radius 2 is 2.17 bits per heavy atom. The van der Waals surface area contributed by atoms with Crippen molar-refractivity contribution in [2.45, 2.75) is 32.6 Å². The number of anilines is 1. The second-order valence-electron chi connectivity index (χ2n) is 5.35. The Hall–Kier alpha value is -1.38. The molecule has 0 bridgehead atoms. The highest BCUT2D eigenvalue weighted by molar-refractivity contribution is 5.55. The topological polar surface area (TPSA) is 44.5 Å². The van der Waals surface area contributed by atoms with E-state index in [0.29, 0.717) is 17.4 Å². The average molecular weight is 249 g/mol. The summed E-state index contributed by atoms with van der Waals surface area (Å²) in [4.78, 5) is 0. The summed E-state index contributed by atoms with van der Waals surface area (Å²) >= 11 is 0. The van der Waals surface area contributed by atoms with Crippen LogP contribution in [0, 0.1) is 11.8 Å². The van der Waals surface area contributed by atoms with Crippen LogP contribution in [-0.4, -0.2) is 13.7 Å². The lowest BCUT2D eigenvalue weighted by Gasteiger charge is -2.26. The van der Waals surface area contributed by atoms with Crippen LogP contribution < -0.4 is 15.2 Å². The Kier molecular flexibility index (Phi) is 4.34. The van der Waals surface area contributed by atoms with Gasteiger partial charge in [-0.25, -0.2) is 0 Å². The van der Waals surface area contributed by atoms with Crippen molar-refractivity contribution in [2.24, 2.45) is 11.8 Å². The first kappa shape index (κ1) is 13.1. The van der Waals surface area contributed by atoms with E-state index in [1.165, 1.54) is 25.7 Å². The fourth-order valence-corrected chi connectivity index (χ4v) is 2.71. The second-order valence-corrected chi connectivity index (χ2v) is 5.35. The third kappa shape index (κ3) is 3.31. The zero-order valence-electron chi connectivity index (χ0n) is 11.3. The van der Waals surface area contributed by atoms with Crippen LogP contribution in [0.3, 0.4) is 0 Å². The standard InChI is InChI=1S/C15H23NO2/c1-11-4-3-5-12(8-11)10-18-13-6-7-14(16)15(9-13)17-2/h6-7,9,11-12H,3-5,8,10,16H2,1-2H3. The van der Waals surface area contributed by atoms with Crippen LogP contribution in [0.2, 0.25) is 0 Å². The number of benzene rings is 1. The maximum absolute atomic E-state index is 5.86. The number of methoxy groups -OCH3 is 1. The number of nitrogens with two attached hydrogens (primary N) is 1. The Bertz CT molecular complexity index is 392. The summed E-state index contributed by atoms with van der Waals surface area (Å²) in [5, 5.41) is 0. The summed E-state index contributed by atoms with van der Waals surface area (Å²) in [6, 6.07) is 5.60. The SMILES string of the molecule is COc1cc(OCC2CCCC(C)C2)ccc1N. The van der Waals surface area contributed by atoms with Gasteiger partial charge in [-0.15, -0.1) is 0 Å². The van der Waals surface area contributed by atoms with Crippen LogP contribution in [0.4, 0.5) is 5.69 Å². The van der Waals surface area contributed by atoms with Crippen LogP contribution in [0.15, 0.2) is 18.2 Å². The molecule has 2 unspecified atom stereocenters. The average Bonchev–Trinajstić information content (AvgIpc) is 2.38. The number of rotatable bonds is 4. The lowest BCUT2D eigenvalue weighted by atomic mass is 9.83. The van der Waals surface area contributed by atoms with Crippen LogP contribution in [0.25, 0.3) is 0 Å². The molecule has 0 saturated heterocycles. The fraction of sp³-hybridized carbons (Fsp3) is 0.600. The minimum Gasteiger partial charge on any atom is -0.494 e. The minimum absolute atomic E-state index is 0.649. The highest BCUT2D eigenvalue weighted by Crippen LogP contribution is 2.30. The van der Waals surface area contributed by atoms with Gasteiger partial charge in [0.15, 0.2) is 0 Å². The molecule has 100 valence electrons. The van der Waals surface area contributed by atoms with Gasteiger partial charge in [-0.1, -0.05) is 19.8 Å². The zero-order chi connectivity index (χ0) is 13.0. The summed E-state index contributed by atoms with van der Waals surface area (Å²) in [7, 11) is 1.62. The Morgan fingerprint density at radius 1 is 1.33 bits per heavy atom. The van der Waals surface area contributed by atoms with Gasteiger partial charge in [-0.3, -0.25) is 0 Å². The largest absolute Gasteiger partial charge is 0.494 e. The molecule has 18 heavy (non-hydrogen) atoms. The summed E-state index contributed by atoms with van der Waals surface area (Å²) < 4.78 is 11.0. The van der Waals surface area contributed by atoms with Gasteiger partial charge in [0.2, 0.25) is 0 Å². The van der Waals surface area contributed by atoms with Gasteiger partial charge < -0.3 is 15.2 Å². The van der Waals surface area contributed by atoms with Crippen LogP contribution in [0.1, 0.15) is 32.6 Å². The molecular formula is C15H23NO2. The molecule has 3 nitrogen and oxygen atoms in total. The molecule has 1 saturated carbocycles. The molecule has 1 fully saturated rings. The summed E-state index contributed by atoms with van der Waals surface area (Å²) in [5.41, 5.74) is 6.43. The molecule has 2 atom stereocenters. The highest BCUT2D eigenvalue weighted by atomic mass is 16.5. The number of nitrogen functional groups attached to an aromatic ring is 1. The predicted octanol–water partition coefficient (Wildman–Crippen LogP) is 3.48. The molecule has 2 N–H and O–H groups in total. The number of ether oxygens (including phenoxy) is 2. The quantitative estimate of drug-likeness (QED) is 0.831. The molecule has 0 heterocycles. The summed E-state index contributed by atoms with van der Waals surface area (Å²) in [5.74, 6) is 3.06. The fourth-order valence-electron chi connectivity index (χ4n) is 2.71. The van der Waals surface area contributed by atoms with Crippen molar-refractivity contribution >= 4 is 5.69 Å². The minimum atomic E-state index is 0.649. The highest BCUT2D eigenvalue weighted by Gasteiger charge is 2.19. The molecule has 0 spiro atoms. The van der Waals surface area contributed by atoms with Gasteiger partial charge in [-0.2, -0.15) is 0 Å². The van der Waals surface area contributed by atoms with E-state index >= 15 is 0 Å². The van der Waals surface area contributed by atoms with E-state index in [0.717, 1.165) is 18.3 Å². The third-order valence-corrected chi connectivity index (χ3v) is 3.74. The van der Waals surface area contributed by atoms with Gasteiger partial charge in [0, 0.05) is 6.07 Å². The normalized spacial score (nSPS) is 23.7. The monoisotopic (exact) mass is 249 g/mol. The Labute approximate surface area is 109 Å². The van der Waals surface area contributed by atoms with Gasteiger partial charge in [-0.05, 0) is 36.8 Å². The molecule has 1 aliphatic carbocycles. The molecule has 1 aliphatic rings. The van der Waals surface area contributed by atoms with Crippen molar-refractivity contribution in [3.05, 3.63) is 18.2 Å². The van der Waals surface area contributed by atoms with Gasteiger partial charge in [0.1, 0.15) is 11.5 Å². The van der Waals surface area contributed by atoms with E-state index in [-0.39, 0.29) is 0 Å². The van der Waals surface area contributed by atoms with E-state index in [1.54, 1.807) is 7.11 Å². The molecule has 1 aromatic carbocycles. The van der Waals surface area contributed by atoms with Crippen molar-refractivity contribution < 1.29 is 9.47 Å². The predicted molar refractivity (Wildman–Crippen MR) is 74.0 cm³/mol. The van der Waals surface area contributed by atoms with Gasteiger partial charge in [0.25, 0.3) is 0 Å². The molecule has 0 aliphatic heterocycles.